The van der Waals surface area contributed by atoms with E-state index in [2.05, 4.69) is 34.0 Å². The van der Waals surface area contributed by atoms with Gasteiger partial charge in [0.2, 0.25) is 0 Å². The number of hydrogen-bond donors (Lipinski definition) is 1. The fourth-order valence-electron chi connectivity index (χ4n) is 2.88. The van der Waals surface area contributed by atoms with Crippen LogP contribution in [0.15, 0.2) is 59.6 Å². The van der Waals surface area contributed by atoms with Gasteiger partial charge in [-0.25, -0.2) is 0 Å². The van der Waals surface area contributed by atoms with Crippen LogP contribution < -0.4 is 5.32 Å². The number of amides is 1. The van der Waals surface area contributed by atoms with Crippen LogP contribution in [0.3, 0.4) is 0 Å². The lowest BCUT2D eigenvalue weighted by molar-refractivity contribution is 0.0942. The molecule has 4 nitrogen and oxygen atoms in total. The van der Waals surface area contributed by atoms with Gasteiger partial charge in [-0.05, 0) is 73.2 Å². The van der Waals surface area contributed by atoms with E-state index in [4.69, 9.17) is 0 Å². The molecule has 0 saturated heterocycles. The Morgan fingerprint density at radius 3 is 2.64 bits per heavy atom. The Morgan fingerprint density at radius 2 is 2.00 bits per heavy atom. The van der Waals surface area contributed by atoms with E-state index in [9.17, 15) is 4.79 Å². The van der Waals surface area contributed by atoms with Crippen LogP contribution in [-0.4, -0.2) is 36.0 Å². The van der Waals surface area contributed by atoms with Crippen molar-refractivity contribution in [1.29, 1.82) is 0 Å². The average molecular weight is 353 g/mol. The van der Waals surface area contributed by atoms with Crippen molar-refractivity contribution < 1.29 is 4.79 Å². The summed E-state index contributed by atoms with van der Waals surface area (Å²) in [4.78, 5) is 14.8. The third kappa shape index (κ3) is 4.00. The molecule has 0 saturated carbocycles. The highest BCUT2D eigenvalue weighted by Gasteiger charge is 2.16. The number of nitrogens with zero attached hydrogens (tertiary/aromatic N) is 2. The largest absolute Gasteiger partial charge is 0.350 e. The SMILES string of the molecule is Cc1ccc(C(=O)NCC(c2ccsc2)N(C)C)cc1-n1cccc1. The summed E-state index contributed by atoms with van der Waals surface area (Å²) in [7, 11) is 4.06. The molecule has 5 heteroatoms. The fourth-order valence-corrected chi connectivity index (χ4v) is 3.59. The number of hydrogen-bond acceptors (Lipinski definition) is 3. The van der Waals surface area contributed by atoms with E-state index >= 15 is 0 Å². The van der Waals surface area contributed by atoms with E-state index in [1.54, 1.807) is 11.3 Å². The molecule has 0 fully saturated rings. The van der Waals surface area contributed by atoms with Crippen molar-refractivity contribution in [1.82, 2.24) is 14.8 Å². The number of carbonyl (C=O) groups is 1. The Morgan fingerprint density at radius 1 is 1.24 bits per heavy atom. The van der Waals surface area contributed by atoms with Gasteiger partial charge in [0.05, 0.1) is 6.04 Å². The van der Waals surface area contributed by atoms with Crippen LogP contribution in [0.4, 0.5) is 0 Å². The second-order valence-electron chi connectivity index (χ2n) is 6.34. The molecule has 25 heavy (non-hydrogen) atoms. The van der Waals surface area contributed by atoms with Crippen LogP contribution in [0, 0.1) is 6.92 Å². The van der Waals surface area contributed by atoms with Crippen molar-refractivity contribution in [2.45, 2.75) is 13.0 Å². The van der Waals surface area contributed by atoms with Crippen molar-refractivity contribution in [3.05, 3.63) is 76.2 Å². The highest BCUT2D eigenvalue weighted by molar-refractivity contribution is 7.07. The van der Waals surface area contributed by atoms with Gasteiger partial charge in [-0.2, -0.15) is 11.3 Å². The lowest BCUT2D eigenvalue weighted by atomic mass is 10.1. The van der Waals surface area contributed by atoms with Gasteiger partial charge in [0.25, 0.3) is 5.91 Å². The third-order valence-corrected chi connectivity index (χ3v) is 5.06. The smallest absolute Gasteiger partial charge is 0.251 e. The zero-order valence-electron chi connectivity index (χ0n) is 14.8. The van der Waals surface area contributed by atoms with E-state index in [-0.39, 0.29) is 11.9 Å². The molecule has 1 unspecified atom stereocenters. The molecule has 1 aromatic carbocycles. The third-order valence-electron chi connectivity index (χ3n) is 4.36. The van der Waals surface area contributed by atoms with Crippen molar-refractivity contribution in [3.8, 4) is 5.69 Å². The van der Waals surface area contributed by atoms with Crippen LogP contribution in [0.1, 0.15) is 27.5 Å². The Hall–Kier alpha value is -2.37. The predicted octanol–water partition coefficient (Wildman–Crippen LogP) is 3.88. The number of likely N-dealkylation sites (N-methyl/N-ethyl adjacent to an activating group) is 1. The first-order chi connectivity index (χ1) is 12.1. The average Bonchev–Trinajstić information content (AvgIpc) is 3.29. The molecule has 0 aliphatic carbocycles. The second kappa shape index (κ2) is 7.68. The summed E-state index contributed by atoms with van der Waals surface area (Å²) in [6.07, 6.45) is 3.98. The molecule has 0 aliphatic rings. The number of nitrogens with one attached hydrogen (secondary N) is 1. The molecule has 2 aromatic heterocycles. The molecular formula is C20H23N3OS. The van der Waals surface area contributed by atoms with Crippen molar-refractivity contribution in [2.75, 3.05) is 20.6 Å². The lowest BCUT2D eigenvalue weighted by Gasteiger charge is -2.24. The molecule has 2 heterocycles. The standard InChI is InChI=1S/C20H23N3OS/c1-15-6-7-16(12-18(15)23-9-4-5-10-23)20(24)21-13-19(22(2)3)17-8-11-25-14-17/h4-12,14,19H,13H2,1-3H3,(H,21,24). The van der Waals surface area contributed by atoms with E-state index in [0.717, 1.165) is 11.3 Å². The zero-order valence-corrected chi connectivity index (χ0v) is 15.6. The predicted molar refractivity (Wildman–Crippen MR) is 104 cm³/mol. The molecule has 0 aliphatic heterocycles. The monoisotopic (exact) mass is 353 g/mol. The highest BCUT2D eigenvalue weighted by atomic mass is 32.1. The Bertz CT molecular complexity index is 823. The summed E-state index contributed by atoms with van der Waals surface area (Å²) in [5.41, 5.74) is 4.07. The number of rotatable bonds is 6. The first-order valence-electron chi connectivity index (χ1n) is 8.27. The van der Waals surface area contributed by atoms with Crippen LogP contribution >= 0.6 is 11.3 Å². The Balaban J connectivity index is 1.74. The summed E-state index contributed by atoms with van der Waals surface area (Å²) in [5.74, 6) is -0.0458. The molecule has 3 rings (SSSR count). The zero-order chi connectivity index (χ0) is 17.8. The molecule has 3 aromatic rings. The summed E-state index contributed by atoms with van der Waals surface area (Å²) < 4.78 is 2.03. The van der Waals surface area contributed by atoms with Gasteiger partial charge < -0.3 is 14.8 Å². The maximum absolute atomic E-state index is 12.6. The Labute approximate surface area is 152 Å². The minimum Gasteiger partial charge on any atom is -0.350 e. The van der Waals surface area contributed by atoms with Gasteiger partial charge >= 0.3 is 0 Å². The highest BCUT2D eigenvalue weighted by Crippen LogP contribution is 2.21. The fraction of sp³-hybridized carbons (Fsp3) is 0.250. The van der Waals surface area contributed by atoms with Crippen molar-refractivity contribution >= 4 is 17.2 Å². The molecule has 0 bridgehead atoms. The molecule has 0 spiro atoms. The molecule has 1 N–H and O–H groups in total. The van der Waals surface area contributed by atoms with Crippen LogP contribution in [0.2, 0.25) is 0 Å². The maximum atomic E-state index is 12.6. The molecule has 0 radical (unpaired) electrons. The molecular weight excluding hydrogens is 330 g/mol. The number of benzene rings is 1. The van der Waals surface area contributed by atoms with E-state index < -0.39 is 0 Å². The molecule has 1 amide bonds. The second-order valence-corrected chi connectivity index (χ2v) is 7.12. The van der Waals surface area contributed by atoms with Crippen LogP contribution in [0.25, 0.3) is 5.69 Å². The maximum Gasteiger partial charge on any atom is 0.251 e. The van der Waals surface area contributed by atoms with Gasteiger partial charge in [0.1, 0.15) is 0 Å². The van der Waals surface area contributed by atoms with Gasteiger partial charge in [-0.15, -0.1) is 0 Å². The van der Waals surface area contributed by atoms with Gasteiger partial charge in [0.15, 0.2) is 0 Å². The quantitative estimate of drug-likeness (QED) is 0.730. The van der Waals surface area contributed by atoms with Crippen LogP contribution in [0.5, 0.6) is 0 Å². The van der Waals surface area contributed by atoms with Crippen molar-refractivity contribution in [2.24, 2.45) is 0 Å². The molecule has 130 valence electrons. The summed E-state index contributed by atoms with van der Waals surface area (Å²) in [6.45, 7) is 2.63. The minimum atomic E-state index is -0.0458. The molecule has 1 atom stereocenters. The van der Waals surface area contributed by atoms with Gasteiger partial charge in [-0.3, -0.25) is 4.79 Å². The number of carbonyl (C=O) groups excluding carboxylic acids is 1. The van der Waals surface area contributed by atoms with Crippen LogP contribution in [-0.2, 0) is 0 Å². The lowest BCUT2D eigenvalue weighted by Crippen LogP contribution is -2.34. The number of aromatic nitrogens is 1. The van der Waals surface area contributed by atoms with E-state index in [1.165, 1.54) is 5.56 Å². The number of aryl methyl sites for hydroxylation is 1. The van der Waals surface area contributed by atoms with Gasteiger partial charge in [-0.1, -0.05) is 6.07 Å². The summed E-state index contributed by atoms with van der Waals surface area (Å²) >= 11 is 1.68. The van der Waals surface area contributed by atoms with Gasteiger partial charge in [0, 0.05) is 30.2 Å². The first kappa shape index (κ1) is 17.5. The summed E-state index contributed by atoms with van der Waals surface area (Å²) in [6, 6.07) is 12.1. The first-order valence-corrected chi connectivity index (χ1v) is 9.21. The summed E-state index contributed by atoms with van der Waals surface area (Å²) in [5, 5.41) is 7.27. The van der Waals surface area contributed by atoms with E-state index in [0.29, 0.717) is 12.1 Å². The number of thiophene rings is 1. The van der Waals surface area contributed by atoms with E-state index in [1.807, 2.05) is 61.4 Å². The van der Waals surface area contributed by atoms with Crippen molar-refractivity contribution in [3.63, 3.8) is 0 Å². The minimum absolute atomic E-state index is 0.0458. The normalized spacial score (nSPS) is 12.3. The topological polar surface area (TPSA) is 37.3 Å². The Kier molecular flexibility index (Phi) is 5.36.